The molecule has 1 aromatic rings. The van der Waals surface area contributed by atoms with E-state index in [1.807, 2.05) is 44.2 Å². The molecule has 0 spiro atoms. The normalized spacial score (nSPS) is 12.8. The Morgan fingerprint density at radius 3 is 2.10 bits per heavy atom. The van der Waals surface area contributed by atoms with Gasteiger partial charge in [0.1, 0.15) is 6.04 Å². The highest BCUT2D eigenvalue weighted by Crippen LogP contribution is 2.32. The number of carbonyl (C=O) groups is 2. The molecular formula is C16H23NO3. The summed E-state index contributed by atoms with van der Waals surface area (Å²) in [6.07, 6.45) is 1.64. The van der Waals surface area contributed by atoms with Crippen molar-refractivity contribution >= 4 is 11.9 Å². The van der Waals surface area contributed by atoms with Crippen LogP contribution in [0.25, 0.3) is 0 Å². The predicted octanol–water partition coefficient (Wildman–Crippen LogP) is 2.72. The third-order valence-corrected chi connectivity index (χ3v) is 3.98. The van der Waals surface area contributed by atoms with Crippen LogP contribution in [0, 0.1) is 0 Å². The quantitative estimate of drug-likeness (QED) is 0.805. The maximum Gasteiger partial charge on any atom is 0.326 e. The molecule has 0 aliphatic rings. The maximum absolute atomic E-state index is 12.6. The molecule has 1 amide bonds. The molecule has 1 rings (SSSR count). The number of amides is 1. The Kier molecular flexibility index (Phi) is 5.74. The van der Waals surface area contributed by atoms with E-state index in [2.05, 4.69) is 5.32 Å². The number of rotatable bonds is 7. The maximum atomic E-state index is 12.6. The first-order valence-electron chi connectivity index (χ1n) is 7.11. The number of carbonyl (C=O) groups excluding carboxylic acids is 1. The van der Waals surface area contributed by atoms with Gasteiger partial charge in [-0.15, -0.1) is 0 Å². The van der Waals surface area contributed by atoms with E-state index in [9.17, 15) is 9.59 Å². The molecule has 0 fully saturated rings. The van der Waals surface area contributed by atoms with Gasteiger partial charge in [-0.1, -0.05) is 51.1 Å². The van der Waals surface area contributed by atoms with E-state index in [4.69, 9.17) is 5.11 Å². The van der Waals surface area contributed by atoms with Crippen molar-refractivity contribution in [1.82, 2.24) is 5.32 Å². The molecule has 0 aliphatic carbocycles. The second kappa shape index (κ2) is 7.08. The minimum absolute atomic E-state index is 0.206. The van der Waals surface area contributed by atoms with E-state index in [-0.39, 0.29) is 5.91 Å². The van der Waals surface area contributed by atoms with Crippen LogP contribution >= 0.6 is 0 Å². The van der Waals surface area contributed by atoms with Gasteiger partial charge in [-0.2, -0.15) is 0 Å². The molecule has 2 N–H and O–H groups in total. The second-order valence-corrected chi connectivity index (χ2v) is 4.93. The summed E-state index contributed by atoms with van der Waals surface area (Å²) in [6.45, 7) is 5.66. The predicted molar refractivity (Wildman–Crippen MR) is 78.6 cm³/mol. The first kappa shape index (κ1) is 16.2. The number of hydrogen-bond donors (Lipinski definition) is 2. The summed E-state index contributed by atoms with van der Waals surface area (Å²) in [5, 5.41) is 11.8. The van der Waals surface area contributed by atoms with Gasteiger partial charge in [0.2, 0.25) is 5.91 Å². The Morgan fingerprint density at radius 1 is 1.15 bits per heavy atom. The molecule has 0 heterocycles. The number of carboxylic acids is 1. The van der Waals surface area contributed by atoms with E-state index in [0.29, 0.717) is 19.3 Å². The highest BCUT2D eigenvalue weighted by molar-refractivity contribution is 5.91. The Morgan fingerprint density at radius 2 is 1.70 bits per heavy atom. The molecule has 1 unspecified atom stereocenters. The molecule has 110 valence electrons. The topological polar surface area (TPSA) is 66.4 Å². The van der Waals surface area contributed by atoms with Crippen molar-refractivity contribution < 1.29 is 14.7 Å². The van der Waals surface area contributed by atoms with Gasteiger partial charge >= 0.3 is 5.97 Å². The summed E-state index contributed by atoms with van der Waals surface area (Å²) in [7, 11) is 0. The van der Waals surface area contributed by atoms with Crippen molar-refractivity contribution in [3.8, 4) is 0 Å². The molecule has 1 aromatic carbocycles. The third-order valence-electron chi connectivity index (χ3n) is 3.98. The zero-order chi connectivity index (χ0) is 15.2. The van der Waals surface area contributed by atoms with Crippen LogP contribution in [0.5, 0.6) is 0 Å². The fourth-order valence-corrected chi connectivity index (χ4v) is 2.50. The summed E-state index contributed by atoms with van der Waals surface area (Å²) in [5.41, 5.74) is 0.271. The Bertz CT molecular complexity index is 452. The van der Waals surface area contributed by atoms with Crippen LogP contribution in [-0.2, 0) is 15.0 Å². The summed E-state index contributed by atoms with van der Waals surface area (Å²) in [5.74, 6) is -1.20. The van der Waals surface area contributed by atoms with E-state index in [0.717, 1.165) is 5.56 Å². The lowest BCUT2D eigenvalue weighted by molar-refractivity contribution is -0.143. The van der Waals surface area contributed by atoms with Gasteiger partial charge in [0.15, 0.2) is 0 Å². The van der Waals surface area contributed by atoms with Gasteiger partial charge in [0.25, 0.3) is 0 Å². The minimum Gasteiger partial charge on any atom is -0.480 e. The molecule has 20 heavy (non-hydrogen) atoms. The van der Waals surface area contributed by atoms with Crippen LogP contribution in [0.2, 0.25) is 0 Å². The Balaban J connectivity index is 3.07. The lowest BCUT2D eigenvalue weighted by atomic mass is 9.75. The number of nitrogens with one attached hydrogen (secondary N) is 1. The highest BCUT2D eigenvalue weighted by atomic mass is 16.4. The van der Waals surface area contributed by atoms with Crippen molar-refractivity contribution in [2.45, 2.75) is 51.5 Å². The van der Waals surface area contributed by atoms with Crippen LogP contribution in [0.3, 0.4) is 0 Å². The summed E-state index contributed by atoms with van der Waals surface area (Å²) >= 11 is 0. The average molecular weight is 277 g/mol. The van der Waals surface area contributed by atoms with Crippen LogP contribution in [0.15, 0.2) is 30.3 Å². The Hall–Kier alpha value is -1.84. The molecule has 4 nitrogen and oxygen atoms in total. The number of aliphatic carboxylic acids is 1. The molecule has 0 radical (unpaired) electrons. The van der Waals surface area contributed by atoms with Crippen LogP contribution in [-0.4, -0.2) is 23.0 Å². The van der Waals surface area contributed by atoms with Gasteiger partial charge in [-0.3, -0.25) is 4.79 Å². The highest BCUT2D eigenvalue weighted by Gasteiger charge is 2.38. The van der Waals surface area contributed by atoms with Crippen LogP contribution < -0.4 is 5.32 Å². The van der Waals surface area contributed by atoms with E-state index in [1.54, 1.807) is 6.92 Å². The molecule has 0 aromatic heterocycles. The van der Waals surface area contributed by atoms with E-state index >= 15 is 0 Å². The largest absolute Gasteiger partial charge is 0.480 e. The minimum atomic E-state index is -0.991. The lowest BCUT2D eigenvalue weighted by Crippen LogP contribution is -2.50. The standard InChI is InChI=1S/C16H23NO3/c1-4-13(14(18)19)17-15(20)16(5-2,6-3)12-10-8-7-9-11-12/h7-11,13H,4-6H2,1-3H3,(H,17,20)(H,18,19). The molecule has 0 saturated heterocycles. The van der Waals surface area contributed by atoms with Crippen molar-refractivity contribution in [2.75, 3.05) is 0 Å². The van der Waals surface area contributed by atoms with Crippen LogP contribution in [0.1, 0.15) is 45.6 Å². The zero-order valence-electron chi connectivity index (χ0n) is 12.3. The zero-order valence-corrected chi connectivity index (χ0v) is 12.3. The molecule has 0 aliphatic heterocycles. The van der Waals surface area contributed by atoms with Crippen LogP contribution in [0.4, 0.5) is 0 Å². The van der Waals surface area contributed by atoms with Crippen molar-refractivity contribution in [3.05, 3.63) is 35.9 Å². The fraction of sp³-hybridized carbons (Fsp3) is 0.500. The summed E-state index contributed by atoms with van der Waals surface area (Å²) in [6, 6.07) is 8.73. The first-order valence-corrected chi connectivity index (χ1v) is 7.11. The second-order valence-electron chi connectivity index (χ2n) is 4.93. The van der Waals surface area contributed by atoms with Gasteiger partial charge in [-0.25, -0.2) is 4.79 Å². The smallest absolute Gasteiger partial charge is 0.326 e. The van der Waals surface area contributed by atoms with Crippen molar-refractivity contribution in [1.29, 1.82) is 0 Å². The summed E-state index contributed by atoms with van der Waals surface area (Å²) in [4.78, 5) is 23.7. The number of carboxylic acid groups (broad SMARTS) is 1. The lowest BCUT2D eigenvalue weighted by Gasteiger charge is -2.32. The van der Waals surface area contributed by atoms with Gasteiger partial charge < -0.3 is 10.4 Å². The molecule has 4 heteroatoms. The number of benzene rings is 1. The average Bonchev–Trinajstić information content (AvgIpc) is 2.47. The first-order chi connectivity index (χ1) is 9.51. The molecule has 1 atom stereocenters. The Labute approximate surface area is 120 Å². The van der Waals surface area contributed by atoms with E-state index < -0.39 is 17.4 Å². The monoisotopic (exact) mass is 277 g/mol. The molecular weight excluding hydrogens is 254 g/mol. The fourth-order valence-electron chi connectivity index (χ4n) is 2.50. The van der Waals surface area contributed by atoms with Gasteiger partial charge in [-0.05, 0) is 24.8 Å². The SMILES string of the molecule is CCC(NC(=O)C(CC)(CC)c1ccccc1)C(=O)O. The van der Waals surface area contributed by atoms with E-state index in [1.165, 1.54) is 0 Å². The van der Waals surface area contributed by atoms with Crippen molar-refractivity contribution in [3.63, 3.8) is 0 Å². The third kappa shape index (κ3) is 3.18. The van der Waals surface area contributed by atoms with Gasteiger partial charge in [0, 0.05) is 0 Å². The molecule has 0 saturated carbocycles. The molecule has 0 bridgehead atoms. The van der Waals surface area contributed by atoms with Gasteiger partial charge in [0.05, 0.1) is 5.41 Å². The summed E-state index contributed by atoms with van der Waals surface area (Å²) < 4.78 is 0. The number of hydrogen-bond acceptors (Lipinski definition) is 2. The van der Waals surface area contributed by atoms with Crippen molar-refractivity contribution in [2.24, 2.45) is 0 Å².